The van der Waals surface area contributed by atoms with Crippen molar-refractivity contribution in [2.45, 2.75) is 30.2 Å². The highest BCUT2D eigenvalue weighted by Crippen LogP contribution is 2.18. The normalized spacial score (nSPS) is 11.6. The maximum absolute atomic E-state index is 11.6. The number of carboxylic acid groups (broad SMARTS) is 1. The molecular formula is C15H19NO3S. The van der Waals surface area contributed by atoms with Crippen LogP contribution in [0.2, 0.25) is 0 Å². The Bertz CT molecular complexity index is 448. The van der Waals surface area contributed by atoms with Crippen molar-refractivity contribution in [1.82, 2.24) is 5.32 Å². The van der Waals surface area contributed by atoms with Gasteiger partial charge in [-0.2, -0.15) is 0 Å². The molecule has 1 atom stereocenters. The van der Waals surface area contributed by atoms with Gasteiger partial charge in [-0.05, 0) is 30.7 Å². The van der Waals surface area contributed by atoms with Gasteiger partial charge in [-0.25, -0.2) is 4.79 Å². The van der Waals surface area contributed by atoms with Gasteiger partial charge in [0.05, 0.1) is 0 Å². The second kappa shape index (κ2) is 9.20. The largest absolute Gasteiger partial charge is 0.480 e. The summed E-state index contributed by atoms with van der Waals surface area (Å²) in [6.07, 6.45) is 2.77. The van der Waals surface area contributed by atoms with Gasteiger partial charge in [-0.15, -0.1) is 18.3 Å². The minimum atomic E-state index is -1.03. The second-order valence-electron chi connectivity index (χ2n) is 4.25. The molecule has 0 spiro atoms. The van der Waals surface area contributed by atoms with E-state index >= 15 is 0 Å². The van der Waals surface area contributed by atoms with Crippen molar-refractivity contribution in [2.75, 3.05) is 5.75 Å². The molecule has 1 aromatic rings. The van der Waals surface area contributed by atoms with Crippen LogP contribution in [-0.2, 0) is 9.59 Å². The van der Waals surface area contributed by atoms with E-state index in [1.165, 1.54) is 11.0 Å². The Labute approximate surface area is 123 Å². The number of thioether (sulfide) groups is 1. The number of benzene rings is 1. The van der Waals surface area contributed by atoms with Crippen LogP contribution in [0.1, 0.15) is 19.3 Å². The zero-order chi connectivity index (χ0) is 14.8. The van der Waals surface area contributed by atoms with Gasteiger partial charge in [0.15, 0.2) is 0 Å². The first-order valence-electron chi connectivity index (χ1n) is 6.44. The molecule has 0 saturated carbocycles. The first-order chi connectivity index (χ1) is 9.63. The lowest BCUT2D eigenvalue weighted by Crippen LogP contribution is -2.40. The number of carboxylic acids is 1. The third kappa shape index (κ3) is 6.43. The molecule has 0 aliphatic rings. The summed E-state index contributed by atoms with van der Waals surface area (Å²) in [5, 5.41) is 11.4. The van der Waals surface area contributed by atoms with Crippen molar-refractivity contribution in [3.63, 3.8) is 0 Å². The molecule has 5 heteroatoms. The summed E-state index contributed by atoms with van der Waals surface area (Å²) in [5.74, 6) is -0.429. The summed E-state index contributed by atoms with van der Waals surface area (Å²) >= 11 is 1.69. The number of rotatable bonds is 9. The lowest BCUT2D eigenvalue weighted by molar-refractivity contribution is -0.141. The zero-order valence-electron chi connectivity index (χ0n) is 11.2. The predicted octanol–water partition coefficient (Wildman–Crippen LogP) is 2.70. The Morgan fingerprint density at radius 3 is 2.65 bits per heavy atom. The summed E-state index contributed by atoms with van der Waals surface area (Å²) in [7, 11) is 0. The fraction of sp³-hybridized carbons (Fsp3) is 0.333. The lowest BCUT2D eigenvalue weighted by atomic mass is 10.2. The fourth-order valence-electron chi connectivity index (χ4n) is 1.59. The van der Waals surface area contributed by atoms with Crippen LogP contribution in [0.3, 0.4) is 0 Å². The number of hydrogen-bond donors (Lipinski definition) is 2. The molecule has 0 bridgehead atoms. The molecule has 0 saturated heterocycles. The quantitative estimate of drug-likeness (QED) is 0.417. The molecule has 1 amide bonds. The molecule has 0 aromatic heterocycles. The Morgan fingerprint density at radius 2 is 2.05 bits per heavy atom. The van der Waals surface area contributed by atoms with Gasteiger partial charge in [-0.1, -0.05) is 24.3 Å². The Hall–Kier alpha value is -1.75. The highest BCUT2D eigenvalue weighted by molar-refractivity contribution is 7.99. The van der Waals surface area contributed by atoms with Crippen molar-refractivity contribution >= 4 is 23.6 Å². The van der Waals surface area contributed by atoms with Crippen molar-refractivity contribution in [3.8, 4) is 0 Å². The van der Waals surface area contributed by atoms with E-state index < -0.39 is 12.0 Å². The molecule has 0 aliphatic heterocycles. The second-order valence-corrected chi connectivity index (χ2v) is 5.42. The predicted molar refractivity (Wildman–Crippen MR) is 80.8 cm³/mol. The monoisotopic (exact) mass is 293 g/mol. The topological polar surface area (TPSA) is 66.4 Å². The van der Waals surface area contributed by atoms with E-state index in [1.54, 1.807) is 11.8 Å². The summed E-state index contributed by atoms with van der Waals surface area (Å²) < 4.78 is 0. The van der Waals surface area contributed by atoms with Crippen molar-refractivity contribution < 1.29 is 14.7 Å². The van der Waals surface area contributed by atoms with Gasteiger partial charge >= 0.3 is 5.97 Å². The first kappa shape index (κ1) is 16.3. The highest BCUT2D eigenvalue weighted by atomic mass is 32.2. The summed E-state index contributed by atoms with van der Waals surface area (Å²) in [6.45, 7) is 3.48. The van der Waals surface area contributed by atoms with E-state index in [4.69, 9.17) is 5.11 Å². The van der Waals surface area contributed by atoms with Crippen molar-refractivity contribution in [1.29, 1.82) is 0 Å². The minimum absolute atomic E-state index is 0.229. The van der Waals surface area contributed by atoms with Crippen molar-refractivity contribution in [3.05, 3.63) is 43.0 Å². The minimum Gasteiger partial charge on any atom is -0.480 e. The number of aliphatic carboxylic acids is 1. The van der Waals surface area contributed by atoms with Gasteiger partial charge in [0, 0.05) is 11.3 Å². The van der Waals surface area contributed by atoms with Gasteiger partial charge < -0.3 is 10.4 Å². The van der Waals surface area contributed by atoms with Gasteiger partial charge in [0.1, 0.15) is 6.04 Å². The number of carbonyl (C=O) groups excluding carboxylic acids is 1. The number of carbonyl (C=O) groups is 2. The van der Waals surface area contributed by atoms with Gasteiger partial charge in [0.2, 0.25) is 5.91 Å². The van der Waals surface area contributed by atoms with Crippen LogP contribution in [0.5, 0.6) is 0 Å². The van der Waals surface area contributed by atoms with E-state index in [1.807, 2.05) is 30.3 Å². The van der Waals surface area contributed by atoms with E-state index in [2.05, 4.69) is 11.9 Å². The van der Waals surface area contributed by atoms with E-state index in [-0.39, 0.29) is 12.3 Å². The van der Waals surface area contributed by atoms with Crippen LogP contribution in [0.15, 0.2) is 47.9 Å². The fourth-order valence-corrected chi connectivity index (χ4v) is 2.47. The Morgan fingerprint density at radius 1 is 1.35 bits per heavy atom. The standard InChI is InChI=1S/C15H19NO3S/c1-2-7-13(15(18)19)16-14(17)10-6-11-20-12-8-4-3-5-9-12/h2-5,8-9,13H,1,6-7,10-11H2,(H,16,17)(H,18,19). The third-order valence-corrected chi connectivity index (χ3v) is 3.69. The average Bonchev–Trinajstić information content (AvgIpc) is 2.44. The van der Waals surface area contributed by atoms with E-state index in [0.29, 0.717) is 12.8 Å². The molecule has 2 N–H and O–H groups in total. The van der Waals surface area contributed by atoms with Crippen LogP contribution in [0.25, 0.3) is 0 Å². The SMILES string of the molecule is C=CCC(NC(=O)CCCSc1ccccc1)C(=O)O. The molecule has 1 rings (SSSR count). The third-order valence-electron chi connectivity index (χ3n) is 2.60. The zero-order valence-corrected chi connectivity index (χ0v) is 12.1. The molecule has 0 radical (unpaired) electrons. The molecule has 0 heterocycles. The summed E-state index contributed by atoms with van der Waals surface area (Å²) in [4.78, 5) is 23.7. The molecule has 0 fully saturated rings. The molecular weight excluding hydrogens is 274 g/mol. The maximum atomic E-state index is 11.6. The number of amides is 1. The maximum Gasteiger partial charge on any atom is 0.326 e. The van der Waals surface area contributed by atoms with Crippen LogP contribution < -0.4 is 5.32 Å². The highest BCUT2D eigenvalue weighted by Gasteiger charge is 2.17. The Kier molecular flexibility index (Phi) is 7.50. The van der Waals surface area contributed by atoms with Gasteiger partial charge in [-0.3, -0.25) is 4.79 Å². The van der Waals surface area contributed by atoms with E-state index in [0.717, 1.165) is 5.75 Å². The number of hydrogen-bond acceptors (Lipinski definition) is 3. The molecule has 20 heavy (non-hydrogen) atoms. The molecule has 108 valence electrons. The van der Waals surface area contributed by atoms with Crippen LogP contribution >= 0.6 is 11.8 Å². The lowest BCUT2D eigenvalue weighted by Gasteiger charge is -2.12. The van der Waals surface area contributed by atoms with Crippen LogP contribution in [0, 0.1) is 0 Å². The Balaban J connectivity index is 2.22. The van der Waals surface area contributed by atoms with E-state index in [9.17, 15) is 9.59 Å². The summed E-state index contributed by atoms with van der Waals surface area (Å²) in [6, 6.07) is 9.08. The smallest absolute Gasteiger partial charge is 0.326 e. The number of nitrogens with one attached hydrogen (secondary N) is 1. The summed E-state index contributed by atoms with van der Waals surface area (Å²) in [5.41, 5.74) is 0. The first-order valence-corrected chi connectivity index (χ1v) is 7.43. The van der Waals surface area contributed by atoms with Gasteiger partial charge in [0.25, 0.3) is 0 Å². The molecule has 1 unspecified atom stereocenters. The van der Waals surface area contributed by atoms with Crippen molar-refractivity contribution in [2.24, 2.45) is 0 Å². The average molecular weight is 293 g/mol. The molecule has 1 aromatic carbocycles. The van der Waals surface area contributed by atoms with Crippen LogP contribution in [-0.4, -0.2) is 28.8 Å². The van der Waals surface area contributed by atoms with Crippen LogP contribution in [0.4, 0.5) is 0 Å². The molecule has 4 nitrogen and oxygen atoms in total. The molecule has 0 aliphatic carbocycles.